The van der Waals surface area contributed by atoms with E-state index in [4.69, 9.17) is 5.10 Å². The van der Waals surface area contributed by atoms with Crippen LogP contribution in [-0.4, -0.2) is 68.0 Å². The maximum atomic E-state index is 13.5. The molecule has 0 spiro atoms. The molecule has 9 nitrogen and oxygen atoms in total. The molecule has 2 aromatic heterocycles. The van der Waals surface area contributed by atoms with Crippen molar-refractivity contribution >= 4 is 17.7 Å². The molecule has 0 aliphatic carbocycles. The maximum absolute atomic E-state index is 13.5. The van der Waals surface area contributed by atoms with Crippen LogP contribution < -0.4 is 5.32 Å². The summed E-state index contributed by atoms with van der Waals surface area (Å²) in [5.41, 5.74) is 3.28. The molecule has 3 aromatic rings. The molecule has 5 rings (SSSR count). The highest BCUT2D eigenvalue weighted by atomic mass is 19.1. The number of halogens is 1. The SMILES string of the molecule is C=CC(=O)N1CCC(NC(=O)c2nn(Cc3ccc(F)cc3)c3c2CN(C(=O)c2ccc[nH]2)CC3C)CC1. The number of rotatable bonds is 6. The minimum atomic E-state index is -0.316. The topological polar surface area (TPSA) is 103 Å². The van der Waals surface area contributed by atoms with Gasteiger partial charge in [0.05, 0.1) is 13.1 Å². The number of piperidine rings is 1. The highest BCUT2D eigenvalue weighted by Gasteiger charge is 2.35. The van der Waals surface area contributed by atoms with E-state index in [2.05, 4.69) is 16.9 Å². The van der Waals surface area contributed by atoms with Gasteiger partial charge in [0.15, 0.2) is 5.69 Å². The first-order valence-corrected chi connectivity index (χ1v) is 12.8. The highest BCUT2D eigenvalue weighted by Crippen LogP contribution is 2.32. The number of hydrogen-bond donors (Lipinski definition) is 2. The Balaban J connectivity index is 1.41. The zero-order valence-corrected chi connectivity index (χ0v) is 21.3. The fourth-order valence-corrected chi connectivity index (χ4v) is 5.37. The van der Waals surface area contributed by atoms with Crippen LogP contribution in [0.2, 0.25) is 0 Å². The third-order valence-electron chi connectivity index (χ3n) is 7.30. The van der Waals surface area contributed by atoms with Crippen molar-refractivity contribution in [3.8, 4) is 0 Å². The Hall–Kier alpha value is -4.21. The fraction of sp³-hybridized carbons (Fsp3) is 0.357. The molecule has 4 heterocycles. The number of carbonyl (C=O) groups is 3. The summed E-state index contributed by atoms with van der Waals surface area (Å²) in [5, 5.41) is 7.82. The standard InChI is InChI=1S/C28H31FN6O3/c1-3-24(36)33-13-10-21(11-14-33)31-27(37)25-22-17-34(28(38)23-5-4-12-30-23)15-18(2)26(22)35(32-25)16-19-6-8-20(29)9-7-19/h3-9,12,18,21,30H,1,10-11,13-17H2,2H3,(H,31,37). The summed E-state index contributed by atoms with van der Waals surface area (Å²) < 4.78 is 15.3. The zero-order chi connectivity index (χ0) is 26.8. The highest BCUT2D eigenvalue weighted by molar-refractivity contribution is 5.96. The van der Waals surface area contributed by atoms with Crippen molar-refractivity contribution in [2.24, 2.45) is 0 Å². The first-order chi connectivity index (χ1) is 18.3. The predicted molar refractivity (Wildman–Crippen MR) is 139 cm³/mol. The number of nitrogens with one attached hydrogen (secondary N) is 2. The van der Waals surface area contributed by atoms with Crippen LogP contribution >= 0.6 is 0 Å². The van der Waals surface area contributed by atoms with E-state index in [1.54, 1.807) is 40.3 Å². The van der Waals surface area contributed by atoms with Gasteiger partial charge < -0.3 is 20.1 Å². The Morgan fingerprint density at radius 1 is 1.16 bits per heavy atom. The first-order valence-electron chi connectivity index (χ1n) is 12.8. The second-order valence-corrected chi connectivity index (χ2v) is 9.94. The van der Waals surface area contributed by atoms with Gasteiger partial charge >= 0.3 is 0 Å². The van der Waals surface area contributed by atoms with Crippen LogP contribution in [0.25, 0.3) is 0 Å². The molecular formula is C28H31FN6O3. The normalized spacial score (nSPS) is 17.7. The number of H-pyrrole nitrogens is 1. The molecule has 2 N–H and O–H groups in total. The molecule has 3 amide bonds. The Kier molecular flexibility index (Phi) is 7.13. The van der Waals surface area contributed by atoms with Gasteiger partial charge in [-0.3, -0.25) is 19.1 Å². The van der Waals surface area contributed by atoms with Crippen LogP contribution in [0.3, 0.4) is 0 Å². The van der Waals surface area contributed by atoms with Crippen molar-refractivity contribution in [2.45, 2.75) is 44.8 Å². The van der Waals surface area contributed by atoms with Crippen LogP contribution in [0, 0.1) is 5.82 Å². The van der Waals surface area contributed by atoms with E-state index >= 15 is 0 Å². The first kappa shape index (κ1) is 25.4. The van der Waals surface area contributed by atoms with Crippen LogP contribution in [0.15, 0.2) is 55.3 Å². The van der Waals surface area contributed by atoms with Gasteiger partial charge in [-0.05, 0) is 48.7 Å². The summed E-state index contributed by atoms with van der Waals surface area (Å²) in [6.07, 6.45) is 4.29. The number of nitrogens with zero attached hydrogens (tertiary/aromatic N) is 4. The number of aromatic amines is 1. The molecular weight excluding hydrogens is 487 g/mol. The number of carbonyl (C=O) groups excluding carboxylic acids is 3. The molecule has 2 aliphatic rings. The van der Waals surface area contributed by atoms with E-state index in [1.165, 1.54) is 18.2 Å². The number of hydrogen-bond acceptors (Lipinski definition) is 4. The Morgan fingerprint density at radius 2 is 1.89 bits per heavy atom. The largest absolute Gasteiger partial charge is 0.357 e. The van der Waals surface area contributed by atoms with E-state index < -0.39 is 0 Å². The van der Waals surface area contributed by atoms with E-state index in [1.807, 2.05) is 11.6 Å². The van der Waals surface area contributed by atoms with E-state index in [0.29, 0.717) is 50.4 Å². The van der Waals surface area contributed by atoms with Gasteiger partial charge in [-0.1, -0.05) is 25.6 Å². The molecule has 198 valence electrons. The van der Waals surface area contributed by atoms with Gasteiger partial charge in [0, 0.05) is 49.0 Å². The van der Waals surface area contributed by atoms with Crippen LogP contribution in [0.4, 0.5) is 4.39 Å². The van der Waals surface area contributed by atoms with Gasteiger partial charge in [0.2, 0.25) is 5.91 Å². The molecule has 10 heteroatoms. The van der Waals surface area contributed by atoms with Crippen LogP contribution in [0.5, 0.6) is 0 Å². The molecule has 38 heavy (non-hydrogen) atoms. The van der Waals surface area contributed by atoms with Gasteiger partial charge in [0.25, 0.3) is 11.8 Å². The quantitative estimate of drug-likeness (QED) is 0.490. The average molecular weight is 519 g/mol. The maximum Gasteiger partial charge on any atom is 0.272 e. The number of fused-ring (bicyclic) bond motifs is 1. The molecule has 1 atom stereocenters. The van der Waals surface area contributed by atoms with E-state index in [-0.39, 0.29) is 42.0 Å². The third kappa shape index (κ3) is 5.11. The lowest BCUT2D eigenvalue weighted by atomic mass is 9.95. The molecule has 0 bridgehead atoms. The third-order valence-corrected chi connectivity index (χ3v) is 7.30. The van der Waals surface area contributed by atoms with Crippen molar-refractivity contribution in [1.29, 1.82) is 0 Å². The molecule has 0 radical (unpaired) electrons. The number of benzene rings is 1. The van der Waals surface area contributed by atoms with Gasteiger partial charge in [-0.15, -0.1) is 0 Å². The summed E-state index contributed by atoms with van der Waals surface area (Å²) in [7, 11) is 0. The van der Waals surface area contributed by atoms with Crippen LogP contribution in [0.1, 0.15) is 63.5 Å². The lowest BCUT2D eigenvalue weighted by Gasteiger charge is -2.32. The fourth-order valence-electron chi connectivity index (χ4n) is 5.37. The van der Waals surface area contributed by atoms with Gasteiger partial charge in [-0.2, -0.15) is 5.10 Å². The van der Waals surface area contributed by atoms with E-state index in [9.17, 15) is 18.8 Å². The average Bonchev–Trinajstić information content (AvgIpc) is 3.58. The molecule has 1 saturated heterocycles. The smallest absolute Gasteiger partial charge is 0.272 e. The van der Waals surface area contributed by atoms with E-state index in [0.717, 1.165) is 16.8 Å². The molecule has 1 unspecified atom stereocenters. The molecule has 2 aliphatic heterocycles. The van der Waals surface area contributed by atoms with Crippen molar-refractivity contribution in [1.82, 2.24) is 29.9 Å². The molecule has 1 aromatic carbocycles. The van der Waals surface area contributed by atoms with Gasteiger partial charge in [-0.25, -0.2) is 4.39 Å². The summed E-state index contributed by atoms with van der Waals surface area (Å²) >= 11 is 0. The van der Waals surface area contributed by atoms with Crippen molar-refractivity contribution in [2.75, 3.05) is 19.6 Å². The Labute approximate surface area is 220 Å². The summed E-state index contributed by atoms with van der Waals surface area (Å²) in [6, 6.07) is 9.64. The number of likely N-dealkylation sites (tertiary alicyclic amines) is 1. The minimum Gasteiger partial charge on any atom is -0.357 e. The zero-order valence-electron chi connectivity index (χ0n) is 21.3. The monoisotopic (exact) mass is 518 g/mol. The summed E-state index contributed by atoms with van der Waals surface area (Å²) in [4.78, 5) is 45.0. The Morgan fingerprint density at radius 3 is 2.55 bits per heavy atom. The summed E-state index contributed by atoms with van der Waals surface area (Å²) in [5.74, 6) is -0.924. The minimum absolute atomic E-state index is 0.0692. The Bertz CT molecular complexity index is 1340. The van der Waals surface area contributed by atoms with Crippen molar-refractivity contribution < 1.29 is 18.8 Å². The number of amides is 3. The van der Waals surface area contributed by atoms with Crippen molar-refractivity contribution in [3.05, 3.63) is 89.3 Å². The number of aromatic nitrogens is 3. The second-order valence-electron chi connectivity index (χ2n) is 9.94. The predicted octanol–water partition coefficient (Wildman–Crippen LogP) is 3.06. The van der Waals surface area contributed by atoms with Crippen LogP contribution in [-0.2, 0) is 17.9 Å². The lowest BCUT2D eigenvalue weighted by Crippen LogP contribution is -2.46. The summed E-state index contributed by atoms with van der Waals surface area (Å²) in [6.45, 7) is 7.77. The van der Waals surface area contributed by atoms with Crippen molar-refractivity contribution in [3.63, 3.8) is 0 Å². The van der Waals surface area contributed by atoms with Gasteiger partial charge in [0.1, 0.15) is 11.5 Å². The second kappa shape index (κ2) is 10.6. The molecule has 1 fully saturated rings. The molecule has 0 saturated carbocycles. The lowest BCUT2D eigenvalue weighted by molar-refractivity contribution is -0.127.